The molecule has 2 amide bonds. The summed E-state index contributed by atoms with van der Waals surface area (Å²) in [4.78, 5) is 26.8. The molecule has 2 aromatic carbocycles. The van der Waals surface area contributed by atoms with Crippen LogP contribution in [-0.2, 0) is 19.6 Å². The number of nitrogens with zero attached hydrogens (tertiary/aromatic N) is 1. The van der Waals surface area contributed by atoms with E-state index in [4.69, 9.17) is 0 Å². The summed E-state index contributed by atoms with van der Waals surface area (Å²) in [6.45, 7) is 4.68. The molecule has 1 saturated heterocycles. The molecule has 0 radical (unpaired) electrons. The van der Waals surface area contributed by atoms with Crippen LogP contribution in [0.15, 0.2) is 53.4 Å². The minimum Gasteiger partial charge on any atom is -0.326 e. The Kier molecular flexibility index (Phi) is 6.89. The van der Waals surface area contributed by atoms with E-state index in [1.807, 2.05) is 38.1 Å². The van der Waals surface area contributed by atoms with Gasteiger partial charge in [0.1, 0.15) is 0 Å². The normalized spacial score (nSPS) is 16.7. The first-order valence-corrected chi connectivity index (χ1v) is 11.6. The van der Waals surface area contributed by atoms with E-state index < -0.39 is 15.9 Å². The van der Waals surface area contributed by atoms with E-state index in [1.54, 1.807) is 17.0 Å². The Balaban J connectivity index is 1.61. The van der Waals surface area contributed by atoms with Crippen LogP contribution in [-0.4, -0.2) is 33.3 Å². The lowest BCUT2D eigenvalue weighted by Gasteiger charge is -2.17. The summed E-state index contributed by atoms with van der Waals surface area (Å²) >= 11 is 0. The van der Waals surface area contributed by atoms with Gasteiger partial charge in [-0.05, 0) is 49.7 Å². The number of hydrogen-bond donors (Lipinski definition) is 2. The molecule has 3 rings (SSSR count). The van der Waals surface area contributed by atoms with E-state index in [1.165, 1.54) is 12.1 Å². The summed E-state index contributed by atoms with van der Waals surface area (Å²) < 4.78 is 27.0. The monoisotopic (exact) mass is 429 g/mol. The van der Waals surface area contributed by atoms with Gasteiger partial charge in [0, 0.05) is 30.9 Å². The highest BCUT2D eigenvalue weighted by molar-refractivity contribution is 7.89. The molecule has 2 N–H and O–H groups in total. The van der Waals surface area contributed by atoms with E-state index in [0.717, 1.165) is 24.1 Å². The molecule has 160 valence electrons. The molecule has 0 unspecified atom stereocenters. The summed E-state index contributed by atoms with van der Waals surface area (Å²) in [5.41, 5.74) is 2.38. The molecule has 7 nitrogen and oxygen atoms in total. The predicted molar refractivity (Wildman–Crippen MR) is 117 cm³/mol. The van der Waals surface area contributed by atoms with Crippen molar-refractivity contribution < 1.29 is 18.0 Å². The van der Waals surface area contributed by atoms with Crippen molar-refractivity contribution in [3.63, 3.8) is 0 Å². The second-order valence-corrected chi connectivity index (χ2v) is 9.27. The summed E-state index contributed by atoms with van der Waals surface area (Å²) in [6.07, 6.45) is 1.82. The first-order valence-electron chi connectivity index (χ1n) is 10.1. The second-order valence-electron chi connectivity index (χ2n) is 7.51. The summed E-state index contributed by atoms with van der Waals surface area (Å²) in [6, 6.07) is 13.7. The van der Waals surface area contributed by atoms with Gasteiger partial charge in [-0.25, -0.2) is 13.1 Å². The Bertz CT molecular complexity index is 1000. The van der Waals surface area contributed by atoms with Crippen LogP contribution in [0.1, 0.15) is 31.7 Å². The molecule has 8 heteroatoms. The molecule has 1 aliphatic rings. The lowest BCUT2D eigenvalue weighted by Crippen LogP contribution is -2.28. The molecule has 0 spiro atoms. The molecule has 1 heterocycles. The van der Waals surface area contributed by atoms with Crippen LogP contribution in [0.25, 0.3) is 0 Å². The van der Waals surface area contributed by atoms with Gasteiger partial charge in [0.05, 0.1) is 10.8 Å². The first kappa shape index (κ1) is 22.0. The topological polar surface area (TPSA) is 95.6 Å². The number of unbranched alkanes of at least 4 members (excludes halogenated alkanes) is 1. The molecule has 2 aromatic rings. The fraction of sp³-hybridized carbons (Fsp3) is 0.364. The van der Waals surface area contributed by atoms with Gasteiger partial charge in [-0.1, -0.05) is 31.0 Å². The van der Waals surface area contributed by atoms with Gasteiger partial charge in [0.2, 0.25) is 21.8 Å². The zero-order chi connectivity index (χ0) is 21.7. The van der Waals surface area contributed by atoms with E-state index in [0.29, 0.717) is 18.8 Å². The molecule has 0 aliphatic carbocycles. The van der Waals surface area contributed by atoms with Crippen molar-refractivity contribution in [2.45, 2.75) is 38.0 Å². The van der Waals surface area contributed by atoms with Crippen molar-refractivity contribution in [3.8, 4) is 0 Å². The van der Waals surface area contributed by atoms with Crippen molar-refractivity contribution in [1.29, 1.82) is 0 Å². The second kappa shape index (κ2) is 9.40. The SMILES string of the molecule is CCCCNS(=O)(=O)c1ccc(NC(=O)[C@H]2CC(=O)N(c3ccc(C)cc3)C2)cc1. The average molecular weight is 430 g/mol. The maximum absolute atomic E-state index is 12.6. The lowest BCUT2D eigenvalue weighted by atomic mass is 10.1. The van der Waals surface area contributed by atoms with Gasteiger partial charge in [-0.2, -0.15) is 0 Å². The average Bonchev–Trinajstić information content (AvgIpc) is 3.11. The first-order chi connectivity index (χ1) is 14.3. The Morgan fingerprint density at radius 2 is 1.77 bits per heavy atom. The number of aryl methyl sites for hydroxylation is 1. The highest BCUT2D eigenvalue weighted by Crippen LogP contribution is 2.26. The quantitative estimate of drug-likeness (QED) is 0.631. The summed E-state index contributed by atoms with van der Waals surface area (Å²) in [7, 11) is -3.56. The Morgan fingerprint density at radius 1 is 1.10 bits per heavy atom. The zero-order valence-corrected chi connectivity index (χ0v) is 18.0. The van der Waals surface area contributed by atoms with Gasteiger partial charge >= 0.3 is 0 Å². The molecule has 0 bridgehead atoms. The molecule has 0 saturated carbocycles. The number of rotatable bonds is 8. The van der Waals surface area contributed by atoms with Crippen LogP contribution in [0, 0.1) is 12.8 Å². The van der Waals surface area contributed by atoms with Crippen LogP contribution in [0.5, 0.6) is 0 Å². The van der Waals surface area contributed by atoms with Crippen LogP contribution in [0.3, 0.4) is 0 Å². The number of carbonyl (C=O) groups is 2. The van der Waals surface area contributed by atoms with Gasteiger partial charge < -0.3 is 10.2 Å². The highest BCUT2D eigenvalue weighted by Gasteiger charge is 2.35. The third kappa shape index (κ3) is 5.25. The van der Waals surface area contributed by atoms with E-state index >= 15 is 0 Å². The maximum atomic E-state index is 12.6. The van der Waals surface area contributed by atoms with Crippen LogP contribution in [0.4, 0.5) is 11.4 Å². The minimum atomic E-state index is -3.56. The smallest absolute Gasteiger partial charge is 0.240 e. The molecule has 1 fully saturated rings. The number of anilines is 2. The van der Waals surface area contributed by atoms with Gasteiger partial charge in [0.25, 0.3) is 0 Å². The maximum Gasteiger partial charge on any atom is 0.240 e. The molecule has 1 aliphatic heterocycles. The van der Waals surface area contributed by atoms with Crippen molar-refractivity contribution in [2.24, 2.45) is 5.92 Å². The van der Waals surface area contributed by atoms with E-state index in [-0.39, 0.29) is 23.1 Å². The van der Waals surface area contributed by atoms with Crippen molar-refractivity contribution >= 4 is 33.2 Å². The third-order valence-electron chi connectivity index (χ3n) is 5.10. The molecular formula is C22H27N3O4S. The molecule has 1 atom stereocenters. The largest absolute Gasteiger partial charge is 0.326 e. The van der Waals surface area contributed by atoms with E-state index in [2.05, 4.69) is 10.0 Å². The van der Waals surface area contributed by atoms with Crippen molar-refractivity contribution in [2.75, 3.05) is 23.3 Å². The highest BCUT2D eigenvalue weighted by atomic mass is 32.2. The number of nitrogens with one attached hydrogen (secondary N) is 2. The zero-order valence-electron chi connectivity index (χ0n) is 17.2. The minimum absolute atomic E-state index is 0.0846. The van der Waals surface area contributed by atoms with E-state index in [9.17, 15) is 18.0 Å². The number of carbonyl (C=O) groups excluding carboxylic acids is 2. The van der Waals surface area contributed by atoms with Crippen molar-refractivity contribution in [1.82, 2.24) is 4.72 Å². The fourth-order valence-corrected chi connectivity index (χ4v) is 4.36. The van der Waals surface area contributed by atoms with Gasteiger partial charge in [0.15, 0.2) is 0 Å². The number of amides is 2. The fourth-order valence-electron chi connectivity index (χ4n) is 3.29. The van der Waals surface area contributed by atoms with Crippen LogP contribution in [0.2, 0.25) is 0 Å². The van der Waals surface area contributed by atoms with Crippen LogP contribution < -0.4 is 14.9 Å². The third-order valence-corrected chi connectivity index (χ3v) is 6.57. The van der Waals surface area contributed by atoms with Crippen molar-refractivity contribution in [3.05, 3.63) is 54.1 Å². The molecular weight excluding hydrogens is 402 g/mol. The van der Waals surface area contributed by atoms with Crippen LogP contribution >= 0.6 is 0 Å². The lowest BCUT2D eigenvalue weighted by molar-refractivity contribution is -0.122. The number of benzene rings is 2. The summed E-state index contributed by atoms with van der Waals surface area (Å²) in [5.74, 6) is -0.800. The molecule has 30 heavy (non-hydrogen) atoms. The summed E-state index contributed by atoms with van der Waals surface area (Å²) in [5, 5.41) is 2.78. The van der Waals surface area contributed by atoms with Gasteiger partial charge in [-0.15, -0.1) is 0 Å². The Labute approximate surface area is 177 Å². The number of sulfonamides is 1. The Morgan fingerprint density at radius 3 is 2.40 bits per heavy atom. The predicted octanol–water partition coefficient (Wildman–Crippen LogP) is 3.07. The standard InChI is InChI=1S/C22H27N3O4S/c1-3-4-13-23-30(28,29)20-11-7-18(8-12-20)24-22(27)17-14-21(26)25(15-17)19-9-5-16(2)6-10-19/h5-12,17,23H,3-4,13-15H2,1-2H3,(H,24,27)/t17-/m0/s1. The Hall–Kier alpha value is -2.71. The van der Waals surface area contributed by atoms with Gasteiger partial charge in [-0.3, -0.25) is 9.59 Å². The number of hydrogen-bond acceptors (Lipinski definition) is 4. The molecule has 0 aromatic heterocycles.